The van der Waals surface area contributed by atoms with Gasteiger partial charge in [0.1, 0.15) is 0 Å². The zero-order chi connectivity index (χ0) is 14.4. The van der Waals surface area contributed by atoms with E-state index in [2.05, 4.69) is 10.4 Å². The Bertz CT molecular complexity index is 413. The Morgan fingerprint density at radius 2 is 2.16 bits per heavy atom. The van der Waals surface area contributed by atoms with Gasteiger partial charge >= 0.3 is 0 Å². The first-order valence-electron chi connectivity index (χ1n) is 7.03. The van der Waals surface area contributed by atoms with Crippen molar-refractivity contribution in [2.24, 2.45) is 0 Å². The Labute approximate surface area is 115 Å². The molecule has 0 bridgehead atoms. The van der Waals surface area contributed by atoms with Crippen molar-refractivity contribution in [3.8, 4) is 0 Å². The summed E-state index contributed by atoms with van der Waals surface area (Å²) in [7, 11) is 0. The minimum atomic E-state index is -0.474. The number of aryl methyl sites for hydroxylation is 1. The Balaban J connectivity index is 2.73. The van der Waals surface area contributed by atoms with Crippen molar-refractivity contribution in [2.45, 2.75) is 59.1 Å². The summed E-state index contributed by atoms with van der Waals surface area (Å²) in [6.07, 6.45) is 2.91. The summed E-state index contributed by atoms with van der Waals surface area (Å²) in [5.74, 6) is 0.0488. The van der Waals surface area contributed by atoms with Crippen LogP contribution in [-0.2, 0) is 6.54 Å². The van der Waals surface area contributed by atoms with Crippen molar-refractivity contribution in [1.29, 1.82) is 0 Å². The third-order valence-corrected chi connectivity index (χ3v) is 3.03. The van der Waals surface area contributed by atoms with Crippen LogP contribution in [0.25, 0.3) is 0 Å². The van der Waals surface area contributed by atoms with Gasteiger partial charge in [0, 0.05) is 19.3 Å². The number of aliphatic hydroxyl groups excluding tert-OH is 1. The highest BCUT2D eigenvalue weighted by Gasteiger charge is 2.18. The van der Waals surface area contributed by atoms with Crippen molar-refractivity contribution in [3.63, 3.8) is 0 Å². The van der Waals surface area contributed by atoms with Crippen molar-refractivity contribution in [1.82, 2.24) is 15.1 Å². The first-order valence-corrected chi connectivity index (χ1v) is 7.03. The summed E-state index contributed by atoms with van der Waals surface area (Å²) in [5, 5.41) is 16.8. The quantitative estimate of drug-likeness (QED) is 0.793. The van der Waals surface area contributed by atoms with Gasteiger partial charge < -0.3 is 10.4 Å². The van der Waals surface area contributed by atoms with Gasteiger partial charge in [-0.25, -0.2) is 0 Å². The second-order valence-electron chi connectivity index (χ2n) is 5.09. The van der Waals surface area contributed by atoms with Crippen LogP contribution in [0.3, 0.4) is 0 Å². The lowest BCUT2D eigenvalue weighted by Crippen LogP contribution is -2.32. The molecule has 0 fully saturated rings. The molecule has 1 amide bonds. The number of nitrogens with one attached hydrogen (secondary N) is 1. The molecule has 0 aromatic carbocycles. The van der Waals surface area contributed by atoms with Crippen molar-refractivity contribution >= 4 is 5.91 Å². The fourth-order valence-electron chi connectivity index (χ4n) is 1.94. The van der Waals surface area contributed by atoms with Gasteiger partial charge in [-0.05, 0) is 19.3 Å². The molecular weight excluding hydrogens is 242 g/mol. The van der Waals surface area contributed by atoms with Crippen LogP contribution in [0.4, 0.5) is 0 Å². The number of nitrogens with zero attached hydrogens (tertiary/aromatic N) is 2. The molecule has 0 spiro atoms. The third-order valence-electron chi connectivity index (χ3n) is 3.03. The maximum absolute atomic E-state index is 12.1. The number of carbonyl (C=O) groups is 1. The van der Waals surface area contributed by atoms with E-state index >= 15 is 0 Å². The van der Waals surface area contributed by atoms with Gasteiger partial charge in [-0.2, -0.15) is 5.10 Å². The van der Waals surface area contributed by atoms with Crippen LogP contribution in [0.2, 0.25) is 0 Å². The molecule has 2 N–H and O–H groups in total. The van der Waals surface area contributed by atoms with E-state index in [1.807, 2.05) is 27.7 Å². The fraction of sp³-hybridized carbons (Fsp3) is 0.714. The molecule has 1 rings (SSSR count). The molecule has 108 valence electrons. The summed E-state index contributed by atoms with van der Waals surface area (Å²) in [5.41, 5.74) is 1.42. The van der Waals surface area contributed by atoms with Crippen LogP contribution in [0, 0.1) is 0 Å². The number of aliphatic hydroxyl groups is 1. The lowest BCUT2D eigenvalue weighted by molar-refractivity contribution is 0.0909. The highest BCUT2D eigenvalue weighted by Crippen LogP contribution is 2.17. The van der Waals surface area contributed by atoms with E-state index in [1.54, 1.807) is 10.9 Å². The molecule has 1 aromatic heterocycles. The van der Waals surface area contributed by atoms with Gasteiger partial charge in [-0.15, -0.1) is 0 Å². The number of amides is 1. The predicted molar refractivity (Wildman–Crippen MR) is 75.2 cm³/mol. The number of hydrogen-bond acceptors (Lipinski definition) is 3. The largest absolute Gasteiger partial charge is 0.391 e. The molecule has 1 heterocycles. The molecule has 0 aliphatic rings. The van der Waals surface area contributed by atoms with Crippen molar-refractivity contribution in [2.75, 3.05) is 6.54 Å². The van der Waals surface area contributed by atoms with Crippen LogP contribution >= 0.6 is 0 Å². The molecule has 0 radical (unpaired) electrons. The Kier molecular flexibility index (Phi) is 6.02. The summed E-state index contributed by atoms with van der Waals surface area (Å²) in [6.45, 7) is 9.07. The standard InChI is InChI=1S/C14H25N3O2/c1-5-7-11(18)8-15-14(19)12-9-17(6-2)16-13(12)10(3)4/h9-11,18H,5-8H2,1-4H3,(H,15,19). The average Bonchev–Trinajstić information content (AvgIpc) is 2.80. The normalized spacial score (nSPS) is 12.7. The minimum absolute atomic E-state index is 0.154. The summed E-state index contributed by atoms with van der Waals surface area (Å²) in [6, 6.07) is 0. The highest BCUT2D eigenvalue weighted by atomic mass is 16.3. The number of rotatable bonds is 7. The molecular formula is C14H25N3O2. The van der Waals surface area contributed by atoms with Gasteiger partial charge in [0.2, 0.25) is 0 Å². The molecule has 1 aromatic rings. The molecule has 19 heavy (non-hydrogen) atoms. The smallest absolute Gasteiger partial charge is 0.254 e. The van der Waals surface area contributed by atoms with Crippen LogP contribution in [0.15, 0.2) is 6.20 Å². The summed E-state index contributed by atoms with van der Waals surface area (Å²) < 4.78 is 1.77. The lowest BCUT2D eigenvalue weighted by atomic mass is 10.1. The molecule has 1 atom stereocenters. The highest BCUT2D eigenvalue weighted by molar-refractivity contribution is 5.95. The number of aromatic nitrogens is 2. The summed E-state index contributed by atoms with van der Waals surface area (Å²) >= 11 is 0. The van der Waals surface area contributed by atoms with E-state index in [0.29, 0.717) is 18.5 Å². The zero-order valence-electron chi connectivity index (χ0n) is 12.3. The maximum atomic E-state index is 12.1. The second-order valence-corrected chi connectivity index (χ2v) is 5.09. The van der Waals surface area contributed by atoms with Crippen LogP contribution in [0.1, 0.15) is 62.5 Å². The van der Waals surface area contributed by atoms with E-state index in [9.17, 15) is 9.90 Å². The Morgan fingerprint density at radius 3 is 2.68 bits per heavy atom. The lowest BCUT2D eigenvalue weighted by Gasteiger charge is -2.11. The topological polar surface area (TPSA) is 67.2 Å². The first-order chi connectivity index (χ1) is 8.99. The molecule has 0 saturated carbocycles. The van der Waals surface area contributed by atoms with Gasteiger partial charge in [0.25, 0.3) is 5.91 Å². The molecule has 0 saturated heterocycles. The van der Waals surface area contributed by atoms with E-state index < -0.39 is 6.10 Å². The van der Waals surface area contributed by atoms with Crippen LogP contribution in [-0.4, -0.2) is 33.4 Å². The van der Waals surface area contributed by atoms with Crippen molar-refractivity contribution < 1.29 is 9.90 Å². The predicted octanol–water partition coefficient (Wildman–Crippen LogP) is 1.92. The van der Waals surface area contributed by atoms with Gasteiger partial charge in [-0.1, -0.05) is 27.2 Å². The van der Waals surface area contributed by atoms with Gasteiger partial charge in [0.05, 0.1) is 17.4 Å². The Hall–Kier alpha value is -1.36. The van der Waals surface area contributed by atoms with Crippen molar-refractivity contribution in [3.05, 3.63) is 17.5 Å². The van der Waals surface area contributed by atoms with E-state index in [0.717, 1.165) is 18.7 Å². The van der Waals surface area contributed by atoms with Gasteiger partial charge in [0.15, 0.2) is 0 Å². The molecule has 1 unspecified atom stereocenters. The molecule has 0 aliphatic carbocycles. The van der Waals surface area contributed by atoms with E-state index in [-0.39, 0.29) is 11.8 Å². The van der Waals surface area contributed by atoms with E-state index in [1.165, 1.54) is 0 Å². The number of carbonyl (C=O) groups excluding carboxylic acids is 1. The third kappa shape index (κ3) is 4.35. The molecule has 5 heteroatoms. The van der Waals surface area contributed by atoms with Crippen LogP contribution in [0.5, 0.6) is 0 Å². The van der Waals surface area contributed by atoms with E-state index in [4.69, 9.17) is 0 Å². The SMILES string of the molecule is CCCC(O)CNC(=O)c1cn(CC)nc1C(C)C. The Morgan fingerprint density at radius 1 is 1.47 bits per heavy atom. The monoisotopic (exact) mass is 267 g/mol. The minimum Gasteiger partial charge on any atom is -0.391 e. The fourth-order valence-corrected chi connectivity index (χ4v) is 1.94. The number of hydrogen-bond donors (Lipinski definition) is 2. The molecule has 5 nitrogen and oxygen atoms in total. The molecule has 0 aliphatic heterocycles. The van der Waals surface area contributed by atoms with Gasteiger partial charge in [-0.3, -0.25) is 9.48 Å². The summed E-state index contributed by atoms with van der Waals surface area (Å²) in [4.78, 5) is 12.1. The maximum Gasteiger partial charge on any atom is 0.254 e. The van der Waals surface area contributed by atoms with Crippen LogP contribution < -0.4 is 5.32 Å². The average molecular weight is 267 g/mol. The first kappa shape index (κ1) is 15.7. The second kappa shape index (κ2) is 7.28. The zero-order valence-corrected chi connectivity index (χ0v) is 12.3.